The molecule has 1 aromatic heterocycles. The van der Waals surface area contributed by atoms with Gasteiger partial charge in [-0.05, 0) is 60.9 Å². The first-order valence-corrected chi connectivity index (χ1v) is 11.0. The molecule has 0 radical (unpaired) electrons. The number of para-hydroxylation sites is 1. The van der Waals surface area contributed by atoms with E-state index in [1.165, 1.54) is 24.4 Å². The summed E-state index contributed by atoms with van der Waals surface area (Å²) in [6.07, 6.45) is 7.36. The largest absolute Gasteiger partial charge is 0.453 e. The molecular weight excluding hydrogens is 435 g/mol. The summed E-state index contributed by atoms with van der Waals surface area (Å²) in [5, 5.41) is 5.82. The number of benzene rings is 2. The van der Waals surface area contributed by atoms with E-state index in [-0.39, 0.29) is 23.7 Å². The van der Waals surface area contributed by atoms with Crippen LogP contribution in [-0.2, 0) is 4.79 Å². The van der Waals surface area contributed by atoms with Gasteiger partial charge in [-0.1, -0.05) is 24.3 Å². The highest BCUT2D eigenvalue weighted by molar-refractivity contribution is 5.92. The first kappa shape index (κ1) is 23.0. The Morgan fingerprint density at radius 3 is 2.56 bits per heavy atom. The molecule has 0 unspecified atom stereocenters. The Bertz CT molecular complexity index is 1150. The minimum absolute atomic E-state index is 0.0232. The molecule has 0 aliphatic carbocycles. The minimum atomic E-state index is -0.535. The van der Waals surface area contributed by atoms with E-state index in [0.29, 0.717) is 37.2 Å². The van der Waals surface area contributed by atoms with Crippen LogP contribution in [-0.4, -0.2) is 41.0 Å². The molecule has 1 aliphatic rings. The van der Waals surface area contributed by atoms with E-state index in [0.717, 1.165) is 5.69 Å². The van der Waals surface area contributed by atoms with E-state index >= 15 is 0 Å². The molecular formula is C26H25FN4O3. The highest BCUT2D eigenvalue weighted by atomic mass is 19.1. The fourth-order valence-electron chi connectivity index (χ4n) is 3.61. The van der Waals surface area contributed by atoms with Crippen LogP contribution in [0.1, 0.15) is 18.4 Å². The second-order valence-corrected chi connectivity index (χ2v) is 7.88. The van der Waals surface area contributed by atoms with Crippen molar-refractivity contribution in [3.8, 4) is 11.5 Å². The minimum Gasteiger partial charge on any atom is -0.453 e. The summed E-state index contributed by atoms with van der Waals surface area (Å²) in [7, 11) is 0. The summed E-state index contributed by atoms with van der Waals surface area (Å²) in [6.45, 7) is 1.11. The van der Waals surface area contributed by atoms with Crippen LogP contribution in [0.2, 0.25) is 0 Å². The number of amides is 3. The second-order valence-electron chi connectivity index (χ2n) is 7.88. The van der Waals surface area contributed by atoms with Gasteiger partial charge in [-0.25, -0.2) is 9.18 Å². The quantitative estimate of drug-likeness (QED) is 0.516. The Morgan fingerprint density at radius 1 is 1.06 bits per heavy atom. The molecule has 2 N–H and O–H groups in total. The van der Waals surface area contributed by atoms with Crippen molar-refractivity contribution < 1.29 is 18.7 Å². The number of rotatable bonds is 6. The number of halogens is 1. The Kier molecular flexibility index (Phi) is 7.49. The van der Waals surface area contributed by atoms with Crippen molar-refractivity contribution >= 4 is 23.7 Å². The summed E-state index contributed by atoms with van der Waals surface area (Å²) in [6, 6.07) is 17.0. The number of hydrogen-bond donors (Lipinski definition) is 2. The Morgan fingerprint density at radius 2 is 1.85 bits per heavy atom. The zero-order chi connectivity index (χ0) is 23.8. The topological polar surface area (TPSA) is 83.6 Å². The molecule has 1 fully saturated rings. The molecule has 0 bridgehead atoms. The molecule has 1 saturated heterocycles. The number of nitrogens with zero attached hydrogens (tertiary/aromatic N) is 2. The zero-order valence-corrected chi connectivity index (χ0v) is 18.5. The SMILES string of the molecule is O=C(/C=C/c1ccc(Oc2cccnc2)c(F)c1)NC1CCN(C(=O)Nc2ccccc2)CC1. The van der Waals surface area contributed by atoms with Crippen LogP contribution >= 0.6 is 0 Å². The van der Waals surface area contributed by atoms with E-state index < -0.39 is 5.82 Å². The standard InChI is InChI=1S/C26H25FN4O3/c27-23-17-19(8-10-24(23)34-22-7-4-14-28-18-22)9-11-25(32)29-21-12-15-31(16-13-21)26(33)30-20-5-2-1-3-6-20/h1-11,14,17-18,21H,12-13,15-16H2,(H,29,32)(H,30,33)/b11-9+. The average Bonchev–Trinajstić information content (AvgIpc) is 2.86. The molecule has 4 rings (SSSR count). The maximum Gasteiger partial charge on any atom is 0.321 e. The molecule has 3 aromatic rings. The maximum atomic E-state index is 14.4. The van der Waals surface area contributed by atoms with Crippen LogP contribution in [0.5, 0.6) is 11.5 Å². The average molecular weight is 461 g/mol. The second kappa shape index (κ2) is 11.1. The van der Waals surface area contributed by atoms with Crippen LogP contribution < -0.4 is 15.4 Å². The van der Waals surface area contributed by atoms with E-state index in [2.05, 4.69) is 15.6 Å². The molecule has 2 aromatic carbocycles. The number of aromatic nitrogens is 1. The number of nitrogens with one attached hydrogen (secondary N) is 2. The number of carbonyl (C=O) groups is 2. The van der Waals surface area contributed by atoms with Crippen molar-refractivity contribution in [2.24, 2.45) is 0 Å². The smallest absolute Gasteiger partial charge is 0.321 e. The molecule has 3 amide bonds. The molecule has 174 valence electrons. The number of likely N-dealkylation sites (tertiary alicyclic amines) is 1. The summed E-state index contributed by atoms with van der Waals surface area (Å²) in [5.41, 5.74) is 1.29. The summed E-state index contributed by atoms with van der Waals surface area (Å²) in [4.78, 5) is 30.4. The third-order valence-electron chi connectivity index (χ3n) is 5.40. The van der Waals surface area contributed by atoms with Crippen molar-refractivity contribution in [3.63, 3.8) is 0 Å². The van der Waals surface area contributed by atoms with Crippen LogP contribution in [0.4, 0.5) is 14.9 Å². The van der Waals surface area contributed by atoms with Crippen LogP contribution in [0.25, 0.3) is 6.08 Å². The fourth-order valence-corrected chi connectivity index (χ4v) is 3.61. The number of carbonyl (C=O) groups excluding carboxylic acids is 2. The van der Waals surface area contributed by atoms with Gasteiger partial charge in [-0.2, -0.15) is 0 Å². The maximum absolute atomic E-state index is 14.4. The molecule has 34 heavy (non-hydrogen) atoms. The van der Waals surface area contributed by atoms with Gasteiger partial charge >= 0.3 is 6.03 Å². The van der Waals surface area contributed by atoms with Crippen LogP contribution in [0.3, 0.4) is 0 Å². The molecule has 0 atom stereocenters. The molecule has 7 nitrogen and oxygen atoms in total. The van der Waals surface area contributed by atoms with Gasteiger partial charge in [0.15, 0.2) is 11.6 Å². The Balaban J connectivity index is 1.23. The Labute approximate surface area is 197 Å². The number of urea groups is 1. The summed E-state index contributed by atoms with van der Waals surface area (Å²) >= 11 is 0. The number of anilines is 1. The van der Waals surface area contributed by atoms with Crippen LogP contribution in [0.15, 0.2) is 79.1 Å². The van der Waals surface area contributed by atoms with Gasteiger partial charge in [0, 0.05) is 37.1 Å². The molecule has 0 spiro atoms. The molecule has 0 saturated carbocycles. The summed E-state index contributed by atoms with van der Waals surface area (Å²) in [5.74, 6) is -0.277. The predicted octanol–water partition coefficient (Wildman–Crippen LogP) is 4.84. The number of pyridine rings is 1. The lowest BCUT2D eigenvalue weighted by molar-refractivity contribution is -0.117. The van der Waals surface area contributed by atoms with Gasteiger partial charge in [-0.3, -0.25) is 9.78 Å². The number of ether oxygens (including phenoxy) is 1. The van der Waals surface area contributed by atoms with Crippen molar-refractivity contribution in [2.75, 3.05) is 18.4 Å². The van der Waals surface area contributed by atoms with Gasteiger partial charge in [0.1, 0.15) is 5.75 Å². The highest BCUT2D eigenvalue weighted by Gasteiger charge is 2.23. The normalized spacial score (nSPS) is 14.1. The molecule has 1 aliphatic heterocycles. The fraction of sp³-hybridized carbons (Fsp3) is 0.192. The van der Waals surface area contributed by atoms with Gasteiger partial charge < -0.3 is 20.3 Å². The van der Waals surface area contributed by atoms with E-state index in [4.69, 9.17) is 4.74 Å². The van der Waals surface area contributed by atoms with Crippen LogP contribution in [0, 0.1) is 5.82 Å². The van der Waals surface area contributed by atoms with E-state index in [1.807, 2.05) is 30.3 Å². The Hall–Kier alpha value is -4.20. The number of piperidine rings is 1. The van der Waals surface area contributed by atoms with E-state index in [9.17, 15) is 14.0 Å². The third kappa shape index (κ3) is 6.41. The van der Waals surface area contributed by atoms with Crippen molar-refractivity contribution in [3.05, 3.63) is 90.5 Å². The van der Waals surface area contributed by atoms with E-state index in [1.54, 1.807) is 35.4 Å². The van der Waals surface area contributed by atoms with Gasteiger partial charge in [0.05, 0.1) is 6.20 Å². The van der Waals surface area contributed by atoms with Crippen molar-refractivity contribution in [2.45, 2.75) is 18.9 Å². The highest BCUT2D eigenvalue weighted by Crippen LogP contribution is 2.25. The monoisotopic (exact) mass is 460 g/mol. The van der Waals surface area contributed by atoms with Gasteiger partial charge in [0.25, 0.3) is 0 Å². The van der Waals surface area contributed by atoms with Crippen molar-refractivity contribution in [1.82, 2.24) is 15.2 Å². The lowest BCUT2D eigenvalue weighted by Crippen LogP contribution is -2.47. The predicted molar refractivity (Wildman–Crippen MR) is 128 cm³/mol. The first-order chi connectivity index (χ1) is 16.6. The first-order valence-electron chi connectivity index (χ1n) is 11.0. The number of hydrogen-bond acceptors (Lipinski definition) is 4. The summed E-state index contributed by atoms with van der Waals surface area (Å²) < 4.78 is 19.8. The van der Waals surface area contributed by atoms with Crippen molar-refractivity contribution in [1.29, 1.82) is 0 Å². The lowest BCUT2D eigenvalue weighted by Gasteiger charge is -2.32. The third-order valence-corrected chi connectivity index (χ3v) is 5.40. The molecule has 8 heteroatoms. The van der Waals surface area contributed by atoms with Gasteiger partial charge in [-0.15, -0.1) is 0 Å². The zero-order valence-electron chi connectivity index (χ0n) is 18.5. The lowest BCUT2D eigenvalue weighted by atomic mass is 10.1. The van der Waals surface area contributed by atoms with Gasteiger partial charge in [0.2, 0.25) is 5.91 Å². The molecule has 2 heterocycles.